The van der Waals surface area contributed by atoms with Crippen molar-refractivity contribution in [2.45, 2.75) is 38.1 Å². The van der Waals surface area contributed by atoms with E-state index in [0.29, 0.717) is 60.6 Å². The number of amides is 2. The zero-order valence-electron chi connectivity index (χ0n) is 25.9. The van der Waals surface area contributed by atoms with Gasteiger partial charge >= 0.3 is 0 Å². The standard InChI is InChI=1S/C33H38ClN9O3.ClH/c34-29-27(13-14-37-31(29)42-15-17-46-18-16-42)23-5-1-21(2-6-23)19-28(36)33(45)43(32(44)25-7-3-22(20-35)4-8-25)26-11-9-24(10-12-26)30-38-40-41-39-30;/h1-2,5-6,9-14,22,25,28H,3-4,7-8,15-20,35-36H2,(H,38,39,40,41);1H/t22-,25-,28-;/m0./s1. The number of anilines is 2. The second-order valence-electron chi connectivity index (χ2n) is 11.9. The van der Waals surface area contributed by atoms with E-state index in [1.165, 1.54) is 4.90 Å². The SMILES string of the molecule is Cl.NC[C@H]1CC[C@H](C(=O)N(C(=O)[C@@H](N)Cc2ccc(-c3ccnc(N4CCOCC4)c3Cl)cc2)c2ccc(-c3nn[nH]n3)cc2)CC1. The quantitative estimate of drug-likeness (QED) is 0.235. The van der Waals surface area contributed by atoms with Crippen LogP contribution in [0.2, 0.25) is 5.02 Å². The van der Waals surface area contributed by atoms with Gasteiger partial charge in [0.15, 0.2) is 0 Å². The second kappa shape index (κ2) is 15.8. The van der Waals surface area contributed by atoms with Crippen molar-refractivity contribution in [3.05, 3.63) is 71.4 Å². The first-order chi connectivity index (χ1) is 22.4. The van der Waals surface area contributed by atoms with Crippen molar-refractivity contribution >= 4 is 47.3 Å². The summed E-state index contributed by atoms with van der Waals surface area (Å²) in [5.41, 5.74) is 16.3. The van der Waals surface area contributed by atoms with Crippen LogP contribution in [0.4, 0.5) is 11.5 Å². The van der Waals surface area contributed by atoms with Gasteiger partial charge in [-0.2, -0.15) is 5.21 Å². The van der Waals surface area contributed by atoms with Gasteiger partial charge in [0.05, 0.1) is 30.0 Å². The minimum Gasteiger partial charge on any atom is -0.378 e. The molecule has 3 heterocycles. The number of carbonyl (C=O) groups is 2. The van der Waals surface area contributed by atoms with E-state index in [2.05, 4.69) is 30.5 Å². The Kier molecular flexibility index (Phi) is 11.5. The molecule has 4 aromatic rings. The molecule has 2 amide bonds. The molecule has 6 rings (SSSR count). The monoisotopic (exact) mass is 679 g/mol. The number of hydrogen-bond donors (Lipinski definition) is 3. The van der Waals surface area contributed by atoms with Crippen LogP contribution in [0.15, 0.2) is 60.8 Å². The lowest BCUT2D eigenvalue weighted by atomic mass is 9.81. The third-order valence-corrected chi connectivity index (χ3v) is 9.29. The topological polar surface area (TPSA) is 169 Å². The summed E-state index contributed by atoms with van der Waals surface area (Å²) in [6.45, 7) is 3.35. The molecule has 2 fully saturated rings. The molecule has 1 aliphatic heterocycles. The number of halogens is 2. The number of morpholine rings is 1. The van der Waals surface area contributed by atoms with Gasteiger partial charge < -0.3 is 21.1 Å². The van der Waals surface area contributed by atoms with E-state index in [4.69, 9.17) is 27.8 Å². The molecule has 2 aliphatic rings. The molecule has 5 N–H and O–H groups in total. The highest BCUT2D eigenvalue weighted by atomic mass is 35.5. The summed E-state index contributed by atoms with van der Waals surface area (Å²) in [6, 6.07) is 15.7. The highest BCUT2D eigenvalue weighted by Crippen LogP contribution is 2.35. The van der Waals surface area contributed by atoms with Crippen LogP contribution in [-0.2, 0) is 20.7 Å². The number of rotatable bonds is 9. The summed E-state index contributed by atoms with van der Waals surface area (Å²) < 4.78 is 5.47. The number of aromatic nitrogens is 5. The number of aromatic amines is 1. The first kappa shape index (κ1) is 34.4. The zero-order chi connectivity index (χ0) is 32.0. The molecule has 14 heteroatoms. The highest BCUT2D eigenvalue weighted by molar-refractivity contribution is 6.35. The van der Waals surface area contributed by atoms with Crippen molar-refractivity contribution in [3.8, 4) is 22.5 Å². The average molecular weight is 681 g/mol. The van der Waals surface area contributed by atoms with E-state index in [1.807, 2.05) is 30.3 Å². The van der Waals surface area contributed by atoms with Gasteiger partial charge in [-0.05, 0) is 91.2 Å². The average Bonchev–Trinajstić information content (AvgIpc) is 3.65. The molecule has 2 aromatic carbocycles. The summed E-state index contributed by atoms with van der Waals surface area (Å²) in [4.78, 5) is 35.8. The molecule has 1 aliphatic carbocycles. The first-order valence-corrected chi connectivity index (χ1v) is 16.0. The Morgan fingerprint density at radius 1 is 1.00 bits per heavy atom. The number of hydrogen-bond acceptors (Lipinski definition) is 10. The lowest BCUT2D eigenvalue weighted by molar-refractivity contribution is -0.130. The Bertz CT molecular complexity index is 1620. The first-order valence-electron chi connectivity index (χ1n) is 15.7. The molecular formula is C33H39Cl2N9O3. The number of tetrazole rings is 1. The fourth-order valence-corrected chi connectivity index (χ4v) is 6.55. The van der Waals surface area contributed by atoms with Crippen molar-refractivity contribution in [2.24, 2.45) is 23.3 Å². The third kappa shape index (κ3) is 7.79. The molecule has 1 saturated carbocycles. The van der Waals surface area contributed by atoms with Crippen molar-refractivity contribution in [1.29, 1.82) is 0 Å². The van der Waals surface area contributed by atoms with Crippen molar-refractivity contribution < 1.29 is 14.3 Å². The molecule has 0 bridgehead atoms. The smallest absolute Gasteiger partial charge is 0.251 e. The van der Waals surface area contributed by atoms with E-state index < -0.39 is 11.9 Å². The molecule has 248 valence electrons. The number of nitrogens with zero attached hydrogens (tertiary/aromatic N) is 6. The predicted octanol–water partition coefficient (Wildman–Crippen LogP) is 4.04. The second-order valence-corrected chi connectivity index (χ2v) is 12.2. The van der Waals surface area contributed by atoms with Crippen LogP contribution in [-0.4, -0.2) is 76.3 Å². The lowest BCUT2D eigenvalue weighted by Crippen LogP contribution is -2.50. The molecule has 47 heavy (non-hydrogen) atoms. The van der Waals surface area contributed by atoms with Gasteiger partial charge in [0.25, 0.3) is 5.91 Å². The summed E-state index contributed by atoms with van der Waals surface area (Å²) in [7, 11) is 0. The van der Waals surface area contributed by atoms with E-state index in [9.17, 15) is 9.59 Å². The van der Waals surface area contributed by atoms with E-state index in [1.54, 1.807) is 30.5 Å². The fraction of sp³-hybridized carbons (Fsp3) is 0.394. The molecule has 1 saturated heterocycles. The van der Waals surface area contributed by atoms with Gasteiger partial charge in [-0.25, -0.2) is 9.88 Å². The largest absolute Gasteiger partial charge is 0.378 e. The number of ether oxygens (including phenoxy) is 1. The Morgan fingerprint density at radius 3 is 2.32 bits per heavy atom. The normalized spacial score (nSPS) is 18.7. The Labute approximate surface area is 284 Å². The summed E-state index contributed by atoms with van der Waals surface area (Å²) in [6.07, 6.45) is 5.11. The van der Waals surface area contributed by atoms with Crippen LogP contribution in [0.1, 0.15) is 31.2 Å². The van der Waals surface area contributed by atoms with Crippen LogP contribution < -0.4 is 21.3 Å². The predicted molar refractivity (Wildman–Crippen MR) is 183 cm³/mol. The maximum Gasteiger partial charge on any atom is 0.251 e. The Hall–Kier alpha value is -3.94. The van der Waals surface area contributed by atoms with Gasteiger partial charge in [0.1, 0.15) is 5.82 Å². The van der Waals surface area contributed by atoms with Crippen molar-refractivity contribution in [2.75, 3.05) is 42.6 Å². The third-order valence-electron chi connectivity index (χ3n) is 8.92. The van der Waals surface area contributed by atoms with E-state index >= 15 is 0 Å². The van der Waals surface area contributed by atoms with E-state index in [0.717, 1.165) is 48.4 Å². The Morgan fingerprint density at radius 2 is 1.68 bits per heavy atom. The molecule has 0 unspecified atom stereocenters. The van der Waals surface area contributed by atoms with Gasteiger partial charge in [-0.3, -0.25) is 9.59 Å². The maximum absolute atomic E-state index is 14.0. The Balaban J connectivity index is 0.00000433. The number of pyridine rings is 1. The number of imide groups is 1. The minimum atomic E-state index is -0.940. The summed E-state index contributed by atoms with van der Waals surface area (Å²) in [5, 5.41) is 14.6. The number of nitrogens with one attached hydrogen (secondary N) is 1. The number of carbonyl (C=O) groups excluding carboxylic acids is 2. The highest BCUT2D eigenvalue weighted by Gasteiger charge is 2.35. The lowest BCUT2D eigenvalue weighted by Gasteiger charge is -2.32. The molecule has 0 spiro atoms. The van der Waals surface area contributed by atoms with Gasteiger partial charge in [-0.1, -0.05) is 35.9 Å². The fourth-order valence-electron chi connectivity index (χ4n) is 6.21. The number of benzene rings is 2. The zero-order valence-corrected chi connectivity index (χ0v) is 27.5. The number of H-pyrrole nitrogens is 1. The van der Waals surface area contributed by atoms with Gasteiger partial charge in [0.2, 0.25) is 11.7 Å². The van der Waals surface area contributed by atoms with Gasteiger partial charge in [-0.15, -0.1) is 22.6 Å². The molecule has 2 aromatic heterocycles. The molecule has 0 radical (unpaired) electrons. The molecular weight excluding hydrogens is 641 g/mol. The minimum absolute atomic E-state index is 0. The van der Waals surface area contributed by atoms with Crippen LogP contribution in [0.3, 0.4) is 0 Å². The summed E-state index contributed by atoms with van der Waals surface area (Å²) in [5.74, 6) is 0.604. The van der Waals surface area contributed by atoms with Crippen LogP contribution >= 0.6 is 24.0 Å². The van der Waals surface area contributed by atoms with Crippen molar-refractivity contribution in [3.63, 3.8) is 0 Å². The number of nitrogens with two attached hydrogens (primary N) is 2. The van der Waals surface area contributed by atoms with Crippen molar-refractivity contribution in [1.82, 2.24) is 25.6 Å². The molecule has 12 nitrogen and oxygen atoms in total. The van der Waals surface area contributed by atoms with E-state index in [-0.39, 0.29) is 30.7 Å². The van der Waals surface area contributed by atoms with Crippen LogP contribution in [0, 0.1) is 11.8 Å². The van der Waals surface area contributed by atoms with Gasteiger partial charge in [0, 0.05) is 36.3 Å². The van der Waals surface area contributed by atoms with Crippen LogP contribution in [0.25, 0.3) is 22.5 Å². The molecule has 1 atom stereocenters. The van der Waals surface area contributed by atoms with Crippen LogP contribution in [0.5, 0.6) is 0 Å². The maximum atomic E-state index is 14.0. The summed E-state index contributed by atoms with van der Waals surface area (Å²) >= 11 is 6.82.